The van der Waals surface area contributed by atoms with Crippen LogP contribution in [0.5, 0.6) is 5.75 Å². The SMILES string of the molecule is COc1ccc(C[NH+]2CCN(C(=O)c3oc4ccc(F)cc4c3C)CC2)cc1. The third kappa shape index (κ3) is 3.60. The van der Waals surface area contributed by atoms with Crippen LogP contribution in [0.2, 0.25) is 0 Å². The number of hydrogen-bond acceptors (Lipinski definition) is 3. The maximum Gasteiger partial charge on any atom is 0.290 e. The first-order valence-corrected chi connectivity index (χ1v) is 9.49. The Bertz CT molecular complexity index is 989. The van der Waals surface area contributed by atoms with Gasteiger partial charge in [0.2, 0.25) is 0 Å². The minimum Gasteiger partial charge on any atom is -0.497 e. The first-order chi connectivity index (χ1) is 13.5. The third-order valence-electron chi connectivity index (χ3n) is 5.46. The number of aryl methyl sites for hydroxylation is 1. The van der Waals surface area contributed by atoms with Crippen molar-refractivity contribution in [2.75, 3.05) is 33.3 Å². The lowest BCUT2D eigenvalue weighted by atomic mass is 10.1. The molecule has 0 spiro atoms. The molecule has 5 nitrogen and oxygen atoms in total. The van der Waals surface area contributed by atoms with Crippen molar-refractivity contribution in [1.82, 2.24) is 4.90 Å². The van der Waals surface area contributed by atoms with Crippen molar-refractivity contribution in [1.29, 1.82) is 0 Å². The second-order valence-corrected chi connectivity index (χ2v) is 7.26. The Morgan fingerprint density at radius 2 is 1.89 bits per heavy atom. The Morgan fingerprint density at radius 1 is 1.18 bits per heavy atom. The highest BCUT2D eigenvalue weighted by Crippen LogP contribution is 2.27. The Kier molecular flexibility index (Phi) is 5.05. The molecule has 1 aromatic heterocycles. The van der Waals surface area contributed by atoms with Crippen molar-refractivity contribution in [3.8, 4) is 5.75 Å². The summed E-state index contributed by atoms with van der Waals surface area (Å²) in [6.07, 6.45) is 0. The van der Waals surface area contributed by atoms with Gasteiger partial charge < -0.3 is 19.0 Å². The van der Waals surface area contributed by atoms with Gasteiger partial charge in [0.15, 0.2) is 5.76 Å². The number of quaternary nitrogens is 1. The Labute approximate surface area is 163 Å². The van der Waals surface area contributed by atoms with Crippen molar-refractivity contribution in [2.45, 2.75) is 13.5 Å². The Balaban J connectivity index is 1.40. The van der Waals surface area contributed by atoms with E-state index in [2.05, 4.69) is 12.1 Å². The van der Waals surface area contributed by atoms with E-state index in [-0.39, 0.29) is 11.7 Å². The van der Waals surface area contributed by atoms with E-state index in [9.17, 15) is 9.18 Å². The zero-order valence-corrected chi connectivity index (χ0v) is 16.1. The number of benzene rings is 2. The largest absolute Gasteiger partial charge is 0.497 e. The fourth-order valence-electron chi connectivity index (χ4n) is 3.78. The van der Waals surface area contributed by atoms with Crippen LogP contribution in [0.4, 0.5) is 4.39 Å². The number of carbonyl (C=O) groups is 1. The van der Waals surface area contributed by atoms with Crippen LogP contribution in [0, 0.1) is 12.7 Å². The van der Waals surface area contributed by atoms with Crippen LogP contribution in [0.25, 0.3) is 11.0 Å². The summed E-state index contributed by atoms with van der Waals surface area (Å²) in [4.78, 5) is 16.2. The van der Waals surface area contributed by atoms with Gasteiger partial charge in [-0.1, -0.05) is 0 Å². The molecule has 146 valence electrons. The molecular formula is C22H24FN2O3+. The van der Waals surface area contributed by atoms with E-state index < -0.39 is 0 Å². The zero-order chi connectivity index (χ0) is 19.7. The van der Waals surface area contributed by atoms with Gasteiger partial charge in [-0.2, -0.15) is 0 Å². The minimum absolute atomic E-state index is 0.113. The average molecular weight is 383 g/mol. The summed E-state index contributed by atoms with van der Waals surface area (Å²) in [5, 5.41) is 0.659. The molecule has 0 saturated carbocycles. The monoisotopic (exact) mass is 383 g/mol. The number of ether oxygens (including phenoxy) is 1. The van der Waals surface area contributed by atoms with Gasteiger partial charge >= 0.3 is 0 Å². The molecule has 0 unspecified atom stereocenters. The van der Waals surface area contributed by atoms with Crippen LogP contribution in [-0.4, -0.2) is 44.1 Å². The molecule has 1 amide bonds. The number of nitrogens with one attached hydrogen (secondary N) is 1. The predicted molar refractivity (Wildman–Crippen MR) is 104 cm³/mol. The Morgan fingerprint density at radius 3 is 2.57 bits per heavy atom. The minimum atomic E-state index is -0.328. The molecule has 0 bridgehead atoms. The molecule has 2 aromatic carbocycles. The molecule has 0 radical (unpaired) electrons. The second-order valence-electron chi connectivity index (χ2n) is 7.26. The smallest absolute Gasteiger partial charge is 0.290 e. The maximum absolute atomic E-state index is 13.5. The van der Waals surface area contributed by atoms with E-state index in [4.69, 9.17) is 9.15 Å². The summed E-state index contributed by atoms with van der Waals surface area (Å²) in [6, 6.07) is 12.5. The lowest BCUT2D eigenvalue weighted by Crippen LogP contribution is -3.13. The van der Waals surface area contributed by atoms with Crippen molar-refractivity contribution in [3.63, 3.8) is 0 Å². The number of amides is 1. The van der Waals surface area contributed by atoms with Gasteiger partial charge in [0.05, 0.1) is 33.3 Å². The number of carbonyl (C=O) groups excluding carboxylic acids is 1. The molecule has 1 fully saturated rings. The number of furan rings is 1. The number of methoxy groups -OCH3 is 1. The zero-order valence-electron chi connectivity index (χ0n) is 16.1. The molecule has 3 aromatic rings. The summed E-state index contributed by atoms with van der Waals surface area (Å²) in [7, 11) is 1.66. The standard InChI is InChI=1S/C22H23FN2O3/c1-15-19-13-17(23)5-8-20(19)28-21(15)22(26)25-11-9-24(10-12-25)14-16-3-6-18(27-2)7-4-16/h3-8,13H,9-12,14H2,1-2H3/p+1. The highest BCUT2D eigenvalue weighted by Gasteiger charge is 2.28. The Hall–Kier alpha value is -2.86. The van der Waals surface area contributed by atoms with E-state index in [1.54, 1.807) is 13.2 Å². The molecule has 1 N–H and O–H groups in total. The van der Waals surface area contributed by atoms with Crippen LogP contribution in [0.1, 0.15) is 21.7 Å². The van der Waals surface area contributed by atoms with Gasteiger partial charge in [0.25, 0.3) is 5.91 Å². The summed E-state index contributed by atoms with van der Waals surface area (Å²) in [6.45, 7) is 5.85. The van der Waals surface area contributed by atoms with Crippen molar-refractivity contribution < 1.29 is 23.2 Å². The summed E-state index contributed by atoms with van der Waals surface area (Å²) in [5.41, 5.74) is 2.50. The van der Waals surface area contributed by atoms with Gasteiger partial charge in [-0.25, -0.2) is 4.39 Å². The number of nitrogens with zero attached hydrogens (tertiary/aromatic N) is 1. The summed E-state index contributed by atoms with van der Waals surface area (Å²) in [5.74, 6) is 0.734. The molecule has 28 heavy (non-hydrogen) atoms. The van der Waals surface area contributed by atoms with Crippen LogP contribution >= 0.6 is 0 Å². The predicted octanol–water partition coefficient (Wildman–Crippen LogP) is 2.43. The molecule has 1 aliphatic heterocycles. The molecule has 4 rings (SSSR count). The second kappa shape index (κ2) is 7.64. The molecule has 0 aliphatic carbocycles. The van der Waals surface area contributed by atoms with Crippen LogP contribution in [0.3, 0.4) is 0 Å². The summed E-state index contributed by atoms with van der Waals surface area (Å²) >= 11 is 0. The lowest BCUT2D eigenvalue weighted by molar-refractivity contribution is -0.917. The third-order valence-corrected chi connectivity index (χ3v) is 5.46. The first-order valence-electron chi connectivity index (χ1n) is 9.49. The lowest BCUT2D eigenvalue weighted by Gasteiger charge is -2.32. The number of fused-ring (bicyclic) bond motifs is 1. The van der Waals surface area contributed by atoms with Gasteiger partial charge in [-0.05, 0) is 49.4 Å². The molecule has 6 heteroatoms. The van der Waals surface area contributed by atoms with Crippen LogP contribution in [-0.2, 0) is 6.54 Å². The highest BCUT2D eigenvalue weighted by molar-refractivity contribution is 5.99. The van der Waals surface area contributed by atoms with Gasteiger partial charge in [-0.3, -0.25) is 4.79 Å². The van der Waals surface area contributed by atoms with E-state index >= 15 is 0 Å². The van der Waals surface area contributed by atoms with Crippen LogP contribution < -0.4 is 9.64 Å². The van der Waals surface area contributed by atoms with E-state index in [1.165, 1.54) is 22.6 Å². The van der Waals surface area contributed by atoms with E-state index in [1.807, 2.05) is 24.0 Å². The van der Waals surface area contributed by atoms with Crippen molar-refractivity contribution >= 4 is 16.9 Å². The van der Waals surface area contributed by atoms with E-state index in [0.29, 0.717) is 35.4 Å². The fourth-order valence-corrected chi connectivity index (χ4v) is 3.78. The number of rotatable bonds is 4. The highest BCUT2D eigenvalue weighted by atomic mass is 19.1. The quantitative estimate of drug-likeness (QED) is 0.753. The molecule has 2 heterocycles. The fraction of sp³-hybridized carbons (Fsp3) is 0.318. The first kappa shape index (κ1) is 18.5. The number of hydrogen-bond donors (Lipinski definition) is 1. The topological polar surface area (TPSA) is 47.1 Å². The average Bonchev–Trinajstić information content (AvgIpc) is 3.04. The maximum atomic E-state index is 13.5. The number of piperazine rings is 1. The molecule has 1 aliphatic rings. The molecule has 0 atom stereocenters. The van der Waals surface area contributed by atoms with E-state index in [0.717, 1.165) is 25.4 Å². The number of halogens is 1. The summed E-state index contributed by atoms with van der Waals surface area (Å²) < 4.78 is 24.4. The van der Waals surface area contributed by atoms with Gasteiger partial charge in [-0.15, -0.1) is 0 Å². The van der Waals surface area contributed by atoms with Crippen molar-refractivity contribution in [3.05, 3.63) is 65.2 Å². The molecule has 1 saturated heterocycles. The molecular weight excluding hydrogens is 359 g/mol. The van der Waals surface area contributed by atoms with Crippen molar-refractivity contribution in [2.24, 2.45) is 0 Å². The van der Waals surface area contributed by atoms with Crippen LogP contribution in [0.15, 0.2) is 46.9 Å². The van der Waals surface area contributed by atoms with Gasteiger partial charge in [0.1, 0.15) is 23.7 Å². The normalized spacial score (nSPS) is 15.2. The van der Waals surface area contributed by atoms with Gasteiger partial charge in [0, 0.05) is 16.5 Å².